The van der Waals surface area contributed by atoms with Gasteiger partial charge in [0.2, 0.25) is 0 Å². The number of esters is 7. The second kappa shape index (κ2) is 26.3. The maximum atomic E-state index is 13.1. The first kappa shape index (κ1) is 51.2. The number of methoxy groups -OCH3 is 2. The highest BCUT2D eigenvalue weighted by Crippen LogP contribution is 2.36. The molecule has 344 valence electrons. The van der Waals surface area contributed by atoms with E-state index in [0.29, 0.717) is 17.2 Å². The highest BCUT2D eigenvalue weighted by molar-refractivity contribution is 5.92. The molecule has 2 aromatic rings. The molecule has 0 saturated heterocycles. The van der Waals surface area contributed by atoms with Crippen molar-refractivity contribution < 1.29 is 76.2 Å². The van der Waals surface area contributed by atoms with Crippen LogP contribution in [0, 0.1) is 17.3 Å². The Morgan fingerprint density at radius 2 is 1.17 bits per heavy atom. The van der Waals surface area contributed by atoms with Crippen LogP contribution in [0.2, 0.25) is 0 Å². The molecule has 1 saturated carbocycles. The second-order valence-electron chi connectivity index (χ2n) is 15.6. The maximum Gasteiger partial charge on any atom is 0.333 e. The first-order valence-corrected chi connectivity index (χ1v) is 20.9. The summed E-state index contributed by atoms with van der Waals surface area (Å²) in [6, 6.07) is 11.9. The average Bonchev–Trinajstić information content (AvgIpc) is 3.27. The predicted octanol–water partition coefficient (Wildman–Crippen LogP) is 6.84. The number of carbonyl (C=O) groups is 7. The Bertz CT molecular complexity index is 1870. The summed E-state index contributed by atoms with van der Waals surface area (Å²) in [7, 11) is 2.18. The zero-order valence-electron chi connectivity index (χ0n) is 37.0. The van der Waals surface area contributed by atoms with E-state index in [2.05, 4.69) is 29.6 Å². The van der Waals surface area contributed by atoms with Crippen LogP contribution in [-0.4, -0.2) is 95.6 Å². The van der Waals surface area contributed by atoms with Gasteiger partial charge < -0.3 is 42.6 Å². The molecule has 3 rings (SSSR count). The topological polar surface area (TPSA) is 203 Å². The predicted molar refractivity (Wildman–Crippen MR) is 227 cm³/mol. The van der Waals surface area contributed by atoms with Crippen molar-refractivity contribution in [1.29, 1.82) is 0 Å². The standard InChI is InChI=1S/C47H60O16/c1-8-9-10-11-33-12-14-35(15-13-33)46(54)63-37-19-16-34(17-20-37)36-18-21-38(39(24-36)57-22-23-58-44(52)31(2)3)59-27-47(30-62-45(53)32(4)5,28-60-42(50)25-40(48)55-6)29-61-43(51)26-41(49)56-7/h16-21,24,33,35H,2,4,8-15,22-23,25-30H2,1,3,5-7H3. The number of ether oxygens (including phenoxy) is 9. The van der Waals surface area contributed by atoms with Crippen LogP contribution < -0.4 is 14.2 Å². The van der Waals surface area contributed by atoms with E-state index in [1.54, 1.807) is 42.5 Å². The van der Waals surface area contributed by atoms with Crippen LogP contribution >= 0.6 is 0 Å². The van der Waals surface area contributed by atoms with Gasteiger partial charge in [-0.05, 0) is 80.8 Å². The van der Waals surface area contributed by atoms with Gasteiger partial charge >= 0.3 is 41.8 Å². The molecule has 16 nitrogen and oxygen atoms in total. The van der Waals surface area contributed by atoms with Crippen LogP contribution in [0.25, 0.3) is 11.1 Å². The van der Waals surface area contributed by atoms with E-state index in [0.717, 1.165) is 45.5 Å². The van der Waals surface area contributed by atoms with Crippen molar-refractivity contribution in [1.82, 2.24) is 0 Å². The van der Waals surface area contributed by atoms with Crippen molar-refractivity contribution in [2.45, 2.75) is 85.0 Å². The summed E-state index contributed by atoms with van der Waals surface area (Å²) in [6.07, 6.45) is 7.06. The summed E-state index contributed by atoms with van der Waals surface area (Å²) in [5.74, 6) is -4.20. The lowest BCUT2D eigenvalue weighted by atomic mass is 9.80. The maximum absolute atomic E-state index is 13.1. The van der Waals surface area contributed by atoms with E-state index in [1.807, 2.05) is 0 Å². The average molecular weight is 881 g/mol. The van der Waals surface area contributed by atoms with Gasteiger partial charge in [0.1, 0.15) is 63.6 Å². The third-order valence-corrected chi connectivity index (χ3v) is 10.2. The monoisotopic (exact) mass is 880 g/mol. The molecule has 0 atom stereocenters. The fourth-order valence-corrected chi connectivity index (χ4v) is 6.39. The largest absolute Gasteiger partial charge is 0.489 e. The van der Waals surface area contributed by atoms with Crippen molar-refractivity contribution in [3.8, 4) is 28.4 Å². The Morgan fingerprint density at radius 3 is 1.73 bits per heavy atom. The lowest BCUT2D eigenvalue weighted by molar-refractivity contribution is -0.165. The zero-order chi connectivity index (χ0) is 46.4. The molecule has 1 aliphatic carbocycles. The molecule has 16 heteroatoms. The SMILES string of the molecule is C=C(C)C(=O)OCCOc1cc(-c2ccc(OC(=O)C3CCC(CCCCC)CC3)cc2)ccc1OCC(COC(=O)CC(=O)OC)(COC(=O)CC(=O)OC)COC(=O)C(=C)C. The minimum absolute atomic E-state index is 0.0374. The Morgan fingerprint density at radius 1 is 0.619 bits per heavy atom. The van der Waals surface area contributed by atoms with Gasteiger partial charge in [-0.2, -0.15) is 0 Å². The van der Waals surface area contributed by atoms with Crippen molar-refractivity contribution in [3.63, 3.8) is 0 Å². The summed E-state index contributed by atoms with van der Waals surface area (Å²) >= 11 is 0. The molecule has 1 aliphatic rings. The lowest BCUT2D eigenvalue weighted by Gasteiger charge is -2.32. The van der Waals surface area contributed by atoms with E-state index >= 15 is 0 Å². The van der Waals surface area contributed by atoms with Crippen LogP contribution in [-0.2, 0) is 62.0 Å². The Hall–Kier alpha value is -6.19. The number of benzene rings is 2. The molecule has 0 unspecified atom stereocenters. The molecule has 0 amide bonds. The van der Waals surface area contributed by atoms with Gasteiger partial charge in [0.25, 0.3) is 0 Å². The van der Waals surface area contributed by atoms with Crippen LogP contribution in [0.1, 0.15) is 85.0 Å². The molecule has 0 heterocycles. The molecule has 0 aromatic heterocycles. The highest BCUT2D eigenvalue weighted by Gasteiger charge is 2.38. The van der Waals surface area contributed by atoms with E-state index in [4.69, 9.17) is 33.2 Å². The quantitative estimate of drug-likeness (QED) is 0.0237. The molecule has 0 bridgehead atoms. The molecular formula is C47H60O16. The lowest BCUT2D eigenvalue weighted by Crippen LogP contribution is -2.44. The van der Waals surface area contributed by atoms with Crippen molar-refractivity contribution >= 4 is 41.8 Å². The second-order valence-corrected chi connectivity index (χ2v) is 15.6. The number of rotatable bonds is 26. The molecular weight excluding hydrogens is 821 g/mol. The minimum atomic E-state index is -1.64. The molecule has 0 radical (unpaired) electrons. The van der Waals surface area contributed by atoms with Gasteiger partial charge in [-0.3, -0.25) is 24.0 Å². The first-order valence-electron chi connectivity index (χ1n) is 20.9. The van der Waals surface area contributed by atoms with Crippen molar-refractivity contribution in [3.05, 3.63) is 66.8 Å². The van der Waals surface area contributed by atoms with Crippen LogP contribution in [0.4, 0.5) is 0 Å². The number of hydrogen-bond acceptors (Lipinski definition) is 16. The molecule has 63 heavy (non-hydrogen) atoms. The smallest absolute Gasteiger partial charge is 0.333 e. The molecule has 0 N–H and O–H groups in total. The zero-order valence-corrected chi connectivity index (χ0v) is 37.0. The fraction of sp³-hybridized carbons (Fsp3) is 0.511. The summed E-state index contributed by atoms with van der Waals surface area (Å²) in [6.45, 7) is 9.75. The van der Waals surface area contributed by atoms with Crippen molar-refractivity contribution in [2.75, 3.05) is 53.9 Å². The van der Waals surface area contributed by atoms with E-state index in [-0.39, 0.29) is 47.7 Å². The molecule has 1 fully saturated rings. The minimum Gasteiger partial charge on any atom is -0.489 e. The summed E-state index contributed by atoms with van der Waals surface area (Å²) in [4.78, 5) is 86.5. The van der Waals surface area contributed by atoms with Crippen molar-refractivity contribution in [2.24, 2.45) is 17.3 Å². The third kappa shape index (κ3) is 18.0. The Kier molecular flexibility index (Phi) is 21.4. The van der Waals surface area contributed by atoms with E-state index in [1.165, 1.54) is 39.5 Å². The van der Waals surface area contributed by atoms with E-state index < -0.39 is 80.5 Å². The van der Waals surface area contributed by atoms with Gasteiger partial charge in [-0.25, -0.2) is 9.59 Å². The van der Waals surface area contributed by atoms with Crippen LogP contribution in [0.5, 0.6) is 17.2 Å². The van der Waals surface area contributed by atoms with Crippen LogP contribution in [0.15, 0.2) is 66.8 Å². The highest BCUT2D eigenvalue weighted by atomic mass is 16.6. The number of hydrogen-bond donors (Lipinski definition) is 0. The Balaban J connectivity index is 1.89. The van der Waals surface area contributed by atoms with Crippen LogP contribution in [0.3, 0.4) is 0 Å². The molecule has 0 spiro atoms. The van der Waals surface area contributed by atoms with Gasteiger partial charge in [0, 0.05) is 11.1 Å². The van der Waals surface area contributed by atoms with Gasteiger partial charge in [0.05, 0.1) is 20.1 Å². The van der Waals surface area contributed by atoms with Gasteiger partial charge in [-0.1, -0.05) is 64.0 Å². The van der Waals surface area contributed by atoms with E-state index in [9.17, 15) is 33.6 Å². The fourth-order valence-electron chi connectivity index (χ4n) is 6.39. The number of unbranched alkanes of at least 4 members (excludes halogenated alkanes) is 2. The summed E-state index contributed by atoms with van der Waals surface area (Å²) in [5.41, 5.74) is -0.0232. The summed E-state index contributed by atoms with van der Waals surface area (Å²) < 4.78 is 48.5. The number of carbonyl (C=O) groups excluding carboxylic acids is 7. The molecule has 2 aromatic carbocycles. The molecule has 0 aliphatic heterocycles. The van der Waals surface area contributed by atoms with Gasteiger partial charge in [0.15, 0.2) is 11.5 Å². The summed E-state index contributed by atoms with van der Waals surface area (Å²) in [5, 5.41) is 0. The first-order chi connectivity index (χ1) is 30.1. The van der Waals surface area contributed by atoms with Gasteiger partial charge in [-0.15, -0.1) is 0 Å². The Labute approximate surface area is 368 Å². The normalized spacial score (nSPS) is 14.6. The third-order valence-electron chi connectivity index (χ3n) is 10.2.